The smallest absolute Gasteiger partial charge is 0.0364 e. The van der Waals surface area contributed by atoms with Crippen LogP contribution in [-0.4, -0.2) is 38.6 Å². The number of anilines is 1. The zero-order valence-corrected chi connectivity index (χ0v) is 11.5. The first-order valence-electron chi connectivity index (χ1n) is 6.31. The van der Waals surface area contributed by atoms with Gasteiger partial charge in [-0.25, -0.2) is 0 Å². The van der Waals surface area contributed by atoms with Gasteiger partial charge in [0.2, 0.25) is 0 Å². The number of nitrogens with two attached hydrogens (primary N) is 1. The highest BCUT2D eigenvalue weighted by molar-refractivity contribution is 5.47. The fourth-order valence-corrected chi connectivity index (χ4v) is 2.07. The lowest BCUT2D eigenvalue weighted by Gasteiger charge is -2.28. The molecule has 0 saturated heterocycles. The summed E-state index contributed by atoms with van der Waals surface area (Å²) in [7, 11) is 4.14. The fraction of sp³-hybridized carbons (Fsp3) is 0.571. The second-order valence-electron chi connectivity index (χ2n) is 4.58. The lowest BCUT2D eigenvalue weighted by Crippen LogP contribution is -2.31. The molecule has 1 aromatic rings. The van der Waals surface area contributed by atoms with Gasteiger partial charge in [0.1, 0.15) is 0 Å². The van der Waals surface area contributed by atoms with Crippen molar-refractivity contribution in [1.29, 1.82) is 0 Å². The van der Waals surface area contributed by atoms with E-state index in [9.17, 15) is 0 Å². The predicted molar refractivity (Wildman–Crippen MR) is 75.5 cm³/mol. The molecular formula is C14H25N3. The van der Waals surface area contributed by atoms with Crippen LogP contribution < -0.4 is 10.6 Å². The third-order valence-corrected chi connectivity index (χ3v) is 3.24. The van der Waals surface area contributed by atoms with E-state index in [0.717, 1.165) is 13.1 Å². The maximum Gasteiger partial charge on any atom is 0.0364 e. The van der Waals surface area contributed by atoms with Crippen LogP contribution in [0.15, 0.2) is 24.3 Å². The van der Waals surface area contributed by atoms with E-state index in [2.05, 4.69) is 62.0 Å². The highest BCUT2D eigenvalue weighted by Crippen LogP contribution is 2.23. The summed E-state index contributed by atoms with van der Waals surface area (Å²) in [5.74, 6) is 0. The van der Waals surface area contributed by atoms with Gasteiger partial charge in [0, 0.05) is 38.9 Å². The van der Waals surface area contributed by atoms with Crippen LogP contribution in [0.25, 0.3) is 0 Å². The maximum absolute atomic E-state index is 5.65. The quantitative estimate of drug-likeness (QED) is 0.819. The molecule has 0 saturated carbocycles. The number of hydrogen-bond acceptors (Lipinski definition) is 3. The Balaban J connectivity index is 2.86. The van der Waals surface area contributed by atoms with Gasteiger partial charge >= 0.3 is 0 Å². The van der Waals surface area contributed by atoms with Crippen LogP contribution in [0.4, 0.5) is 5.69 Å². The number of rotatable bonds is 6. The van der Waals surface area contributed by atoms with Crippen LogP contribution in [0.3, 0.4) is 0 Å². The molecule has 1 atom stereocenters. The van der Waals surface area contributed by atoms with Gasteiger partial charge in [-0.15, -0.1) is 0 Å². The van der Waals surface area contributed by atoms with E-state index in [1.54, 1.807) is 0 Å². The molecule has 0 spiro atoms. The van der Waals surface area contributed by atoms with Gasteiger partial charge in [-0.1, -0.05) is 19.1 Å². The van der Waals surface area contributed by atoms with Crippen molar-refractivity contribution >= 4 is 5.69 Å². The molecule has 3 nitrogen and oxygen atoms in total. The normalized spacial score (nSPS) is 12.8. The standard InChI is InChI=1S/C14H25N3/c1-5-17(10-9-15)12(2)13-7-6-8-14(11-13)16(3)4/h6-8,11-12H,5,9-10,15H2,1-4H3. The van der Waals surface area contributed by atoms with E-state index < -0.39 is 0 Å². The van der Waals surface area contributed by atoms with Crippen LogP contribution in [0.1, 0.15) is 25.5 Å². The second kappa shape index (κ2) is 6.62. The van der Waals surface area contributed by atoms with Crippen molar-refractivity contribution in [3.05, 3.63) is 29.8 Å². The van der Waals surface area contributed by atoms with E-state index >= 15 is 0 Å². The average molecular weight is 235 g/mol. The number of hydrogen-bond donors (Lipinski definition) is 1. The molecule has 0 fully saturated rings. The molecule has 1 rings (SSSR count). The first kappa shape index (κ1) is 14.0. The Morgan fingerprint density at radius 1 is 1.29 bits per heavy atom. The molecule has 0 aliphatic rings. The number of benzene rings is 1. The SMILES string of the molecule is CCN(CCN)C(C)c1cccc(N(C)C)c1. The molecule has 96 valence electrons. The van der Waals surface area contributed by atoms with Crippen LogP contribution >= 0.6 is 0 Å². The Hall–Kier alpha value is -1.06. The molecule has 0 heterocycles. The summed E-state index contributed by atoms with van der Waals surface area (Å²) in [6.07, 6.45) is 0. The van der Waals surface area contributed by atoms with E-state index in [-0.39, 0.29) is 0 Å². The van der Waals surface area contributed by atoms with Crippen LogP contribution in [-0.2, 0) is 0 Å². The molecule has 1 unspecified atom stereocenters. The van der Waals surface area contributed by atoms with Crippen molar-refractivity contribution in [2.24, 2.45) is 5.73 Å². The molecule has 3 heteroatoms. The van der Waals surface area contributed by atoms with Crippen LogP contribution in [0.5, 0.6) is 0 Å². The largest absolute Gasteiger partial charge is 0.378 e. The monoisotopic (exact) mass is 235 g/mol. The van der Waals surface area contributed by atoms with E-state index in [1.165, 1.54) is 11.3 Å². The Kier molecular flexibility index (Phi) is 5.45. The van der Waals surface area contributed by atoms with Crippen LogP contribution in [0.2, 0.25) is 0 Å². The predicted octanol–water partition coefficient (Wildman–Crippen LogP) is 2.09. The summed E-state index contributed by atoms with van der Waals surface area (Å²) in [4.78, 5) is 4.53. The molecule has 17 heavy (non-hydrogen) atoms. The number of likely N-dealkylation sites (N-methyl/N-ethyl adjacent to an activating group) is 1. The first-order chi connectivity index (χ1) is 8.10. The van der Waals surface area contributed by atoms with Crippen molar-refractivity contribution < 1.29 is 0 Å². The van der Waals surface area contributed by atoms with E-state index in [0.29, 0.717) is 12.6 Å². The van der Waals surface area contributed by atoms with Gasteiger partial charge < -0.3 is 10.6 Å². The topological polar surface area (TPSA) is 32.5 Å². The van der Waals surface area contributed by atoms with Gasteiger partial charge in [-0.05, 0) is 31.2 Å². The van der Waals surface area contributed by atoms with Crippen molar-refractivity contribution in [3.8, 4) is 0 Å². The molecule has 2 N–H and O–H groups in total. The molecule has 0 aliphatic carbocycles. The fourth-order valence-electron chi connectivity index (χ4n) is 2.07. The highest BCUT2D eigenvalue weighted by atomic mass is 15.1. The summed E-state index contributed by atoms with van der Waals surface area (Å²) < 4.78 is 0. The Morgan fingerprint density at radius 3 is 2.53 bits per heavy atom. The van der Waals surface area contributed by atoms with Crippen molar-refractivity contribution in [2.45, 2.75) is 19.9 Å². The van der Waals surface area contributed by atoms with E-state index in [1.807, 2.05) is 0 Å². The highest BCUT2D eigenvalue weighted by Gasteiger charge is 2.13. The second-order valence-corrected chi connectivity index (χ2v) is 4.58. The summed E-state index contributed by atoms with van der Waals surface area (Å²) in [5, 5.41) is 0. The lowest BCUT2D eigenvalue weighted by molar-refractivity contribution is 0.228. The van der Waals surface area contributed by atoms with Crippen molar-refractivity contribution in [3.63, 3.8) is 0 Å². The zero-order valence-electron chi connectivity index (χ0n) is 11.5. The summed E-state index contributed by atoms with van der Waals surface area (Å²) in [5.41, 5.74) is 8.25. The molecule has 0 aromatic heterocycles. The molecule has 0 aliphatic heterocycles. The molecule has 0 bridgehead atoms. The minimum atomic E-state index is 0.420. The Bertz CT molecular complexity index is 336. The summed E-state index contributed by atoms with van der Waals surface area (Å²) >= 11 is 0. The van der Waals surface area contributed by atoms with Crippen LogP contribution in [0, 0.1) is 0 Å². The van der Waals surface area contributed by atoms with Gasteiger partial charge in [-0.2, -0.15) is 0 Å². The number of nitrogens with zero attached hydrogens (tertiary/aromatic N) is 2. The first-order valence-corrected chi connectivity index (χ1v) is 6.31. The summed E-state index contributed by atoms with van der Waals surface area (Å²) in [6, 6.07) is 9.12. The average Bonchev–Trinajstić information content (AvgIpc) is 2.35. The molecular weight excluding hydrogens is 210 g/mol. The van der Waals surface area contributed by atoms with Crippen molar-refractivity contribution in [2.75, 3.05) is 38.6 Å². The lowest BCUT2D eigenvalue weighted by atomic mass is 10.1. The minimum Gasteiger partial charge on any atom is -0.378 e. The van der Waals surface area contributed by atoms with Gasteiger partial charge in [-0.3, -0.25) is 4.90 Å². The van der Waals surface area contributed by atoms with Gasteiger partial charge in [0.05, 0.1) is 0 Å². The maximum atomic E-state index is 5.65. The minimum absolute atomic E-state index is 0.420. The van der Waals surface area contributed by atoms with E-state index in [4.69, 9.17) is 5.73 Å². The van der Waals surface area contributed by atoms with Gasteiger partial charge in [0.25, 0.3) is 0 Å². The molecule has 0 radical (unpaired) electrons. The Morgan fingerprint density at radius 2 is 2.00 bits per heavy atom. The third kappa shape index (κ3) is 3.72. The molecule has 1 aromatic carbocycles. The van der Waals surface area contributed by atoms with Gasteiger partial charge in [0.15, 0.2) is 0 Å². The third-order valence-electron chi connectivity index (χ3n) is 3.24. The Labute approximate surface area is 105 Å². The summed E-state index contributed by atoms with van der Waals surface area (Å²) in [6.45, 7) is 7.12. The molecule has 0 amide bonds. The van der Waals surface area contributed by atoms with Crippen molar-refractivity contribution in [1.82, 2.24) is 4.90 Å². The zero-order chi connectivity index (χ0) is 12.8.